The van der Waals surface area contributed by atoms with Gasteiger partial charge in [0.1, 0.15) is 5.82 Å². The van der Waals surface area contributed by atoms with E-state index in [-0.39, 0.29) is 0 Å². The van der Waals surface area contributed by atoms with E-state index in [0.717, 1.165) is 23.8 Å². The number of nitrogen functional groups attached to an aromatic ring is 1. The molecule has 0 aliphatic heterocycles. The lowest BCUT2D eigenvalue weighted by Gasteiger charge is -2.18. The van der Waals surface area contributed by atoms with Crippen LogP contribution in [0.2, 0.25) is 0 Å². The van der Waals surface area contributed by atoms with Crippen LogP contribution in [0.1, 0.15) is 32.6 Å². The van der Waals surface area contributed by atoms with Crippen molar-refractivity contribution in [1.29, 1.82) is 0 Å². The van der Waals surface area contributed by atoms with Gasteiger partial charge in [0.15, 0.2) is 0 Å². The lowest BCUT2D eigenvalue weighted by atomic mass is 10.1. The summed E-state index contributed by atoms with van der Waals surface area (Å²) < 4.78 is 0. The van der Waals surface area contributed by atoms with E-state index in [9.17, 15) is 0 Å². The average molecular weight is 205 g/mol. The molecule has 82 valence electrons. The Morgan fingerprint density at radius 3 is 3.00 bits per heavy atom. The largest absolute Gasteiger partial charge is 0.396 e. The molecule has 1 aliphatic carbocycles. The number of hydrogen-bond donors (Lipinski definition) is 2. The van der Waals surface area contributed by atoms with Gasteiger partial charge in [-0.05, 0) is 30.9 Å². The van der Waals surface area contributed by atoms with Crippen LogP contribution in [0.3, 0.4) is 0 Å². The Kier molecular flexibility index (Phi) is 3.09. The Labute approximate surface area is 91.1 Å². The summed E-state index contributed by atoms with van der Waals surface area (Å²) >= 11 is 0. The van der Waals surface area contributed by atoms with Crippen LogP contribution < -0.4 is 11.1 Å². The zero-order valence-electron chi connectivity index (χ0n) is 9.24. The van der Waals surface area contributed by atoms with Crippen LogP contribution in [0.15, 0.2) is 18.3 Å². The van der Waals surface area contributed by atoms with Gasteiger partial charge in [-0.25, -0.2) is 4.98 Å². The van der Waals surface area contributed by atoms with Gasteiger partial charge in [-0.1, -0.05) is 19.8 Å². The molecule has 1 heterocycles. The Balaban J connectivity index is 1.95. The van der Waals surface area contributed by atoms with Crippen molar-refractivity contribution in [2.24, 2.45) is 5.92 Å². The zero-order valence-corrected chi connectivity index (χ0v) is 9.24. The molecule has 0 saturated heterocycles. The highest BCUT2D eigenvalue weighted by molar-refractivity contribution is 5.60. The first-order chi connectivity index (χ1) is 7.29. The molecule has 1 aromatic heterocycles. The molecule has 15 heavy (non-hydrogen) atoms. The van der Waals surface area contributed by atoms with Crippen molar-refractivity contribution < 1.29 is 0 Å². The predicted molar refractivity (Wildman–Crippen MR) is 63.7 cm³/mol. The summed E-state index contributed by atoms with van der Waals surface area (Å²) in [6, 6.07) is 4.27. The maximum Gasteiger partial charge on any atom is 0.149 e. The van der Waals surface area contributed by atoms with Crippen LogP contribution in [0.4, 0.5) is 11.5 Å². The number of anilines is 2. The quantitative estimate of drug-likeness (QED) is 0.777. The van der Waals surface area contributed by atoms with E-state index >= 15 is 0 Å². The Morgan fingerprint density at radius 1 is 1.60 bits per heavy atom. The number of aromatic nitrogens is 1. The van der Waals surface area contributed by atoms with Gasteiger partial charge in [0.2, 0.25) is 0 Å². The molecule has 0 spiro atoms. The van der Waals surface area contributed by atoms with Gasteiger partial charge in [0, 0.05) is 12.2 Å². The maximum atomic E-state index is 5.84. The van der Waals surface area contributed by atoms with Crippen molar-refractivity contribution in [1.82, 2.24) is 4.98 Å². The number of hydrogen-bond acceptors (Lipinski definition) is 3. The van der Waals surface area contributed by atoms with Gasteiger partial charge in [-0.15, -0.1) is 0 Å². The molecule has 1 saturated carbocycles. The molecule has 3 nitrogen and oxygen atoms in total. The van der Waals surface area contributed by atoms with Crippen molar-refractivity contribution in [3.8, 4) is 0 Å². The molecule has 2 rings (SSSR count). The smallest absolute Gasteiger partial charge is 0.149 e. The summed E-state index contributed by atoms with van der Waals surface area (Å²) in [6.45, 7) is 2.21. The lowest BCUT2D eigenvalue weighted by molar-refractivity contribution is 0.585. The van der Waals surface area contributed by atoms with Gasteiger partial charge in [0.05, 0.1) is 5.69 Å². The molecule has 0 radical (unpaired) electrons. The number of nitrogens with one attached hydrogen (secondary N) is 1. The van der Waals surface area contributed by atoms with Crippen LogP contribution in [0.25, 0.3) is 0 Å². The first-order valence-electron chi connectivity index (χ1n) is 5.76. The van der Waals surface area contributed by atoms with E-state index < -0.39 is 0 Å². The van der Waals surface area contributed by atoms with Gasteiger partial charge in [-0.3, -0.25) is 0 Å². The normalized spacial score (nSPS) is 17.4. The highest BCUT2D eigenvalue weighted by Crippen LogP contribution is 2.34. The molecule has 1 atom stereocenters. The molecule has 1 fully saturated rings. The second kappa shape index (κ2) is 4.51. The fourth-order valence-corrected chi connectivity index (χ4v) is 1.82. The third-order valence-electron chi connectivity index (χ3n) is 2.99. The maximum absolute atomic E-state index is 5.84. The molecule has 0 bridgehead atoms. The standard InChI is InChI=1S/C12H19N3/c1-2-10(8-9-5-6-9)15-12-11(13)4-3-7-14-12/h3-4,7,9-10H,2,5-6,8,13H2,1H3,(H,14,15). The van der Waals surface area contributed by atoms with E-state index in [4.69, 9.17) is 5.73 Å². The summed E-state index contributed by atoms with van der Waals surface area (Å²) in [5, 5.41) is 3.43. The monoisotopic (exact) mass is 205 g/mol. The number of nitrogens with two attached hydrogens (primary N) is 1. The van der Waals surface area contributed by atoms with Crippen molar-refractivity contribution in [2.75, 3.05) is 11.1 Å². The van der Waals surface area contributed by atoms with Crippen LogP contribution in [-0.2, 0) is 0 Å². The summed E-state index contributed by atoms with van der Waals surface area (Å²) in [5.41, 5.74) is 6.59. The van der Waals surface area contributed by atoms with Crippen molar-refractivity contribution >= 4 is 11.5 Å². The Morgan fingerprint density at radius 2 is 2.40 bits per heavy atom. The highest BCUT2D eigenvalue weighted by Gasteiger charge is 2.24. The minimum absolute atomic E-state index is 0.523. The third kappa shape index (κ3) is 2.85. The van der Waals surface area contributed by atoms with Crippen molar-refractivity contribution in [3.05, 3.63) is 18.3 Å². The fourth-order valence-electron chi connectivity index (χ4n) is 1.82. The SMILES string of the molecule is CCC(CC1CC1)Nc1ncccc1N. The van der Waals surface area contributed by atoms with E-state index in [2.05, 4.69) is 17.2 Å². The first-order valence-corrected chi connectivity index (χ1v) is 5.76. The van der Waals surface area contributed by atoms with Crippen molar-refractivity contribution in [3.63, 3.8) is 0 Å². The average Bonchev–Trinajstić information content (AvgIpc) is 3.04. The molecule has 1 unspecified atom stereocenters. The number of pyridine rings is 1. The molecule has 3 heteroatoms. The minimum Gasteiger partial charge on any atom is -0.396 e. The van der Waals surface area contributed by atoms with Gasteiger partial charge in [0.25, 0.3) is 0 Å². The highest BCUT2D eigenvalue weighted by atomic mass is 15.0. The summed E-state index contributed by atoms with van der Waals surface area (Å²) in [5.74, 6) is 1.78. The second-order valence-corrected chi connectivity index (χ2v) is 4.37. The number of rotatable bonds is 5. The van der Waals surface area contributed by atoms with Gasteiger partial charge in [-0.2, -0.15) is 0 Å². The fraction of sp³-hybridized carbons (Fsp3) is 0.583. The van der Waals surface area contributed by atoms with E-state index in [0.29, 0.717) is 6.04 Å². The molecule has 3 N–H and O–H groups in total. The summed E-state index contributed by atoms with van der Waals surface area (Å²) in [7, 11) is 0. The van der Waals surface area contributed by atoms with Gasteiger partial charge < -0.3 is 11.1 Å². The van der Waals surface area contributed by atoms with Crippen LogP contribution >= 0.6 is 0 Å². The zero-order chi connectivity index (χ0) is 10.7. The summed E-state index contributed by atoms with van der Waals surface area (Å²) in [6.07, 6.45) is 6.97. The van der Waals surface area contributed by atoms with Crippen LogP contribution in [-0.4, -0.2) is 11.0 Å². The predicted octanol–water partition coefficient (Wildman–Crippen LogP) is 2.65. The molecular formula is C12H19N3. The molecular weight excluding hydrogens is 186 g/mol. The molecule has 1 aliphatic rings. The first kappa shape index (κ1) is 10.3. The Bertz CT molecular complexity index is 320. The van der Waals surface area contributed by atoms with Gasteiger partial charge >= 0.3 is 0 Å². The van der Waals surface area contributed by atoms with Crippen molar-refractivity contribution in [2.45, 2.75) is 38.6 Å². The third-order valence-corrected chi connectivity index (χ3v) is 2.99. The summed E-state index contributed by atoms with van der Waals surface area (Å²) in [4.78, 5) is 4.26. The Hall–Kier alpha value is -1.25. The molecule has 1 aromatic rings. The van der Waals surface area contributed by atoms with E-state index in [1.807, 2.05) is 12.1 Å². The van der Waals surface area contributed by atoms with E-state index in [1.165, 1.54) is 19.3 Å². The van der Waals surface area contributed by atoms with Crippen LogP contribution in [0.5, 0.6) is 0 Å². The van der Waals surface area contributed by atoms with Crippen LogP contribution in [0, 0.1) is 5.92 Å². The van der Waals surface area contributed by atoms with E-state index in [1.54, 1.807) is 6.20 Å². The minimum atomic E-state index is 0.523. The molecule has 0 amide bonds. The molecule has 0 aromatic carbocycles. The second-order valence-electron chi connectivity index (χ2n) is 4.37. The number of nitrogens with zero attached hydrogens (tertiary/aromatic N) is 1. The lowest BCUT2D eigenvalue weighted by Crippen LogP contribution is -2.20. The topological polar surface area (TPSA) is 50.9 Å².